The molecule has 3 aromatic rings. The number of hydrogen-bond donors (Lipinski definition) is 0. The van der Waals surface area contributed by atoms with Crippen molar-refractivity contribution in [3.8, 4) is 11.5 Å². The summed E-state index contributed by atoms with van der Waals surface area (Å²) >= 11 is 5.96. The molecular weight excluding hydrogens is 346 g/mol. The molecule has 0 aliphatic carbocycles. The molecule has 7 heteroatoms. The number of nitrogens with zero attached hydrogens (tertiary/aromatic N) is 1. The van der Waals surface area contributed by atoms with E-state index in [0.717, 1.165) is 16.8 Å². The molecule has 0 saturated heterocycles. The average molecular weight is 358 g/mol. The Kier molecular flexibility index (Phi) is 4.54. The molecule has 0 heterocycles. The third kappa shape index (κ3) is 3.54. The Hall–Kier alpha value is -3.12. The molecule has 0 bridgehead atoms. The smallest absolute Gasteiger partial charge is 0.345 e. The molecule has 0 unspecified atom stereocenters. The van der Waals surface area contributed by atoms with Gasteiger partial charge in [0.05, 0.1) is 22.6 Å². The highest BCUT2D eigenvalue weighted by molar-refractivity contribution is 6.33. The first-order valence-corrected chi connectivity index (χ1v) is 7.59. The van der Waals surface area contributed by atoms with Crippen LogP contribution in [-0.4, -0.2) is 18.0 Å². The number of carbonyl (C=O) groups is 1. The van der Waals surface area contributed by atoms with E-state index in [1.165, 1.54) is 12.1 Å². The van der Waals surface area contributed by atoms with E-state index in [1.807, 2.05) is 18.2 Å². The summed E-state index contributed by atoms with van der Waals surface area (Å²) in [5, 5.41) is 12.7. The summed E-state index contributed by atoms with van der Waals surface area (Å²) in [5.41, 5.74) is -0.304. The van der Waals surface area contributed by atoms with Crippen molar-refractivity contribution in [2.75, 3.05) is 7.11 Å². The first-order chi connectivity index (χ1) is 12.0. The van der Waals surface area contributed by atoms with Crippen molar-refractivity contribution in [3.63, 3.8) is 0 Å². The Morgan fingerprint density at radius 1 is 1.00 bits per heavy atom. The van der Waals surface area contributed by atoms with Crippen molar-refractivity contribution in [3.05, 3.63) is 75.3 Å². The molecule has 0 aliphatic heterocycles. The van der Waals surface area contributed by atoms with E-state index in [2.05, 4.69) is 0 Å². The van der Waals surface area contributed by atoms with Crippen molar-refractivity contribution >= 4 is 34.0 Å². The van der Waals surface area contributed by atoms with E-state index >= 15 is 0 Å². The van der Waals surface area contributed by atoms with E-state index in [9.17, 15) is 14.9 Å². The highest BCUT2D eigenvalue weighted by Crippen LogP contribution is 2.27. The quantitative estimate of drug-likeness (QED) is 0.294. The van der Waals surface area contributed by atoms with Gasteiger partial charge < -0.3 is 9.47 Å². The molecule has 126 valence electrons. The van der Waals surface area contributed by atoms with Crippen LogP contribution in [0.5, 0.6) is 11.5 Å². The number of nitro benzene ring substituents is 1. The first-order valence-electron chi connectivity index (χ1n) is 7.22. The summed E-state index contributed by atoms with van der Waals surface area (Å²) in [4.78, 5) is 22.6. The minimum absolute atomic E-state index is 0.0680. The van der Waals surface area contributed by atoms with Crippen LogP contribution < -0.4 is 9.47 Å². The fraction of sp³-hybridized carbons (Fsp3) is 0.0556. The van der Waals surface area contributed by atoms with Crippen molar-refractivity contribution in [2.24, 2.45) is 0 Å². The van der Waals surface area contributed by atoms with Gasteiger partial charge in [0.25, 0.3) is 5.69 Å². The average Bonchev–Trinajstić information content (AvgIpc) is 2.61. The number of nitro groups is 1. The fourth-order valence-electron chi connectivity index (χ4n) is 2.34. The van der Waals surface area contributed by atoms with Crippen LogP contribution in [0.1, 0.15) is 10.4 Å². The topological polar surface area (TPSA) is 78.7 Å². The molecule has 25 heavy (non-hydrogen) atoms. The van der Waals surface area contributed by atoms with E-state index in [-0.39, 0.29) is 16.3 Å². The summed E-state index contributed by atoms with van der Waals surface area (Å²) in [6.07, 6.45) is 0. The number of carbonyl (C=O) groups excluding carboxylic acids is 1. The molecule has 0 spiro atoms. The number of methoxy groups -OCH3 is 1. The van der Waals surface area contributed by atoms with Crippen molar-refractivity contribution in [1.82, 2.24) is 0 Å². The fourth-order valence-corrected chi connectivity index (χ4v) is 2.53. The van der Waals surface area contributed by atoms with Crippen LogP contribution >= 0.6 is 11.6 Å². The lowest BCUT2D eigenvalue weighted by Crippen LogP contribution is -2.09. The maximum Gasteiger partial charge on any atom is 0.345 e. The SMILES string of the molecule is COc1ccc2ccc(OC(=O)c3cc([N+](=O)[O-])ccc3Cl)cc2c1. The Balaban J connectivity index is 1.91. The lowest BCUT2D eigenvalue weighted by atomic mass is 10.1. The van der Waals surface area contributed by atoms with Gasteiger partial charge in [0.2, 0.25) is 0 Å². The zero-order chi connectivity index (χ0) is 18.0. The maximum absolute atomic E-state index is 12.3. The Morgan fingerprint density at radius 2 is 1.68 bits per heavy atom. The molecule has 0 N–H and O–H groups in total. The first kappa shape index (κ1) is 16.7. The van der Waals surface area contributed by atoms with Gasteiger partial charge in [-0.05, 0) is 41.1 Å². The van der Waals surface area contributed by atoms with Crippen LogP contribution in [0, 0.1) is 10.1 Å². The van der Waals surface area contributed by atoms with E-state index < -0.39 is 10.9 Å². The molecule has 0 aliphatic rings. The van der Waals surface area contributed by atoms with Crippen molar-refractivity contribution in [1.29, 1.82) is 0 Å². The van der Waals surface area contributed by atoms with Gasteiger partial charge in [0.1, 0.15) is 11.5 Å². The Labute approximate surface area is 147 Å². The zero-order valence-corrected chi connectivity index (χ0v) is 13.8. The van der Waals surface area contributed by atoms with Crippen LogP contribution in [0.25, 0.3) is 10.8 Å². The molecule has 0 amide bonds. The number of non-ortho nitro benzene ring substituents is 1. The van der Waals surface area contributed by atoms with Gasteiger partial charge in [0.15, 0.2) is 0 Å². The van der Waals surface area contributed by atoms with Gasteiger partial charge in [-0.1, -0.05) is 23.7 Å². The second-order valence-corrected chi connectivity index (χ2v) is 5.59. The van der Waals surface area contributed by atoms with Gasteiger partial charge in [-0.3, -0.25) is 10.1 Å². The van der Waals surface area contributed by atoms with Gasteiger partial charge in [-0.15, -0.1) is 0 Å². The van der Waals surface area contributed by atoms with Gasteiger partial charge in [0, 0.05) is 12.1 Å². The molecule has 0 fully saturated rings. The predicted octanol–water partition coefficient (Wildman–Crippen LogP) is 4.63. The number of hydrogen-bond acceptors (Lipinski definition) is 5. The Morgan fingerprint density at radius 3 is 2.36 bits per heavy atom. The highest BCUT2D eigenvalue weighted by Gasteiger charge is 2.18. The summed E-state index contributed by atoms with van der Waals surface area (Å²) in [5.74, 6) is 0.210. The lowest BCUT2D eigenvalue weighted by Gasteiger charge is -2.08. The maximum atomic E-state index is 12.3. The third-order valence-corrected chi connectivity index (χ3v) is 3.94. The second kappa shape index (κ2) is 6.78. The summed E-state index contributed by atoms with van der Waals surface area (Å²) in [7, 11) is 1.56. The number of ether oxygens (including phenoxy) is 2. The molecule has 0 radical (unpaired) electrons. The molecule has 0 atom stereocenters. The van der Waals surface area contributed by atoms with Crippen molar-refractivity contribution < 1.29 is 19.2 Å². The van der Waals surface area contributed by atoms with Crippen LogP contribution in [0.2, 0.25) is 5.02 Å². The van der Waals surface area contributed by atoms with E-state index in [1.54, 1.807) is 25.3 Å². The summed E-state index contributed by atoms with van der Waals surface area (Å²) in [6.45, 7) is 0. The lowest BCUT2D eigenvalue weighted by molar-refractivity contribution is -0.384. The second-order valence-electron chi connectivity index (χ2n) is 5.19. The molecule has 3 aromatic carbocycles. The minimum Gasteiger partial charge on any atom is -0.497 e. The van der Waals surface area contributed by atoms with Crippen LogP contribution in [0.3, 0.4) is 0 Å². The monoisotopic (exact) mass is 357 g/mol. The number of benzene rings is 3. The highest BCUT2D eigenvalue weighted by atomic mass is 35.5. The van der Waals surface area contributed by atoms with Crippen LogP contribution in [-0.2, 0) is 0 Å². The zero-order valence-electron chi connectivity index (χ0n) is 13.1. The predicted molar refractivity (Wildman–Crippen MR) is 93.6 cm³/mol. The number of rotatable bonds is 4. The van der Waals surface area contributed by atoms with E-state index in [0.29, 0.717) is 11.5 Å². The van der Waals surface area contributed by atoms with Gasteiger partial charge in [-0.2, -0.15) is 0 Å². The Bertz CT molecular complexity index is 986. The van der Waals surface area contributed by atoms with Crippen LogP contribution in [0.15, 0.2) is 54.6 Å². The largest absolute Gasteiger partial charge is 0.497 e. The van der Waals surface area contributed by atoms with Crippen molar-refractivity contribution in [2.45, 2.75) is 0 Å². The minimum atomic E-state index is -0.768. The standard InChI is InChI=1S/C18H12ClNO5/c1-24-14-5-2-11-3-6-15(9-12(11)8-14)25-18(21)16-10-13(20(22)23)4-7-17(16)19/h2-10H,1H3. The molecule has 3 rings (SSSR count). The number of esters is 1. The van der Waals surface area contributed by atoms with Gasteiger partial charge >= 0.3 is 5.97 Å². The summed E-state index contributed by atoms with van der Waals surface area (Å²) < 4.78 is 10.5. The molecular formula is C18H12ClNO5. The molecule has 0 aromatic heterocycles. The van der Waals surface area contributed by atoms with Gasteiger partial charge in [-0.25, -0.2) is 4.79 Å². The van der Waals surface area contributed by atoms with E-state index in [4.69, 9.17) is 21.1 Å². The molecule has 0 saturated carbocycles. The molecule has 6 nitrogen and oxygen atoms in total. The third-order valence-electron chi connectivity index (χ3n) is 3.61. The summed E-state index contributed by atoms with van der Waals surface area (Å²) in [6, 6.07) is 14.3. The normalized spacial score (nSPS) is 10.5. The number of fused-ring (bicyclic) bond motifs is 1. The van der Waals surface area contributed by atoms with Crippen LogP contribution in [0.4, 0.5) is 5.69 Å². The number of halogens is 1.